The average Bonchev–Trinajstić information content (AvgIpc) is 2.40. The Bertz CT molecular complexity index is 597. The summed E-state index contributed by atoms with van der Waals surface area (Å²) in [5, 5.41) is 0. The lowest BCUT2D eigenvalue weighted by Gasteiger charge is -2.34. The van der Waals surface area contributed by atoms with Crippen LogP contribution in [0, 0.1) is 0 Å². The highest BCUT2D eigenvalue weighted by Crippen LogP contribution is 2.22. The number of allylic oxidation sites excluding steroid dienone is 2. The first-order chi connectivity index (χ1) is 10.3. The second-order valence-corrected chi connectivity index (χ2v) is 6.58. The minimum atomic E-state index is -0.621. The lowest BCUT2D eigenvalue weighted by molar-refractivity contribution is -0.160. The molecule has 2 rings (SSSR count). The maximum absolute atomic E-state index is 12.5. The van der Waals surface area contributed by atoms with Gasteiger partial charge in [-0.15, -0.1) is 0 Å². The van der Waals surface area contributed by atoms with Crippen molar-refractivity contribution in [2.24, 2.45) is 4.99 Å². The molecular formula is C18H24N2O2. The van der Waals surface area contributed by atoms with Crippen molar-refractivity contribution in [3.8, 4) is 0 Å². The molecule has 22 heavy (non-hydrogen) atoms. The first-order valence-corrected chi connectivity index (χ1v) is 7.52. The molecule has 0 bridgehead atoms. The number of nitrogens with zero attached hydrogens (tertiary/aromatic N) is 2. The molecule has 0 amide bonds. The number of rotatable bonds is 3. The quantitative estimate of drug-likeness (QED) is 0.802. The minimum Gasteiger partial charge on any atom is -0.457 e. The Morgan fingerprint density at radius 1 is 1.23 bits per heavy atom. The van der Waals surface area contributed by atoms with Crippen LogP contribution < -0.4 is 0 Å². The molecule has 0 saturated carbocycles. The predicted octanol–water partition coefficient (Wildman–Crippen LogP) is 3.53. The number of esters is 1. The van der Waals surface area contributed by atoms with Crippen LogP contribution in [-0.4, -0.2) is 28.3 Å². The van der Waals surface area contributed by atoms with E-state index in [2.05, 4.69) is 4.99 Å². The van der Waals surface area contributed by atoms with Crippen LogP contribution in [0.3, 0.4) is 0 Å². The van der Waals surface area contributed by atoms with Gasteiger partial charge in [-0.3, -0.25) is 4.99 Å². The Kier molecular flexibility index (Phi) is 4.69. The fourth-order valence-corrected chi connectivity index (χ4v) is 2.40. The molecule has 1 aliphatic rings. The molecule has 0 radical (unpaired) electrons. The number of carbonyl (C=O) groups is 1. The van der Waals surface area contributed by atoms with Crippen molar-refractivity contribution in [2.75, 3.05) is 0 Å². The fourth-order valence-electron chi connectivity index (χ4n) is 2.40. The fraction of sp³-hybridized carbons (Fsp3) is 0.444. The Labute approximate surface area is 132 Å². The maximum Gasteiger partial charge on any atom is 0.352 e. The molecule has 4 nitrogen and oxygen atoms in total. The number of hydrogen-bond donors (Lipinski definition) is 0. The van der Waals surface area contributed by atoms with E-state index in [1.165, 1.54) is 0 Å². The highest BCUT2D eigenvalue weighted by Gasteiger charge is 2.32. The SMILES string of the molecule is CC1=CC(C)=NC(C(=O)OC(C)(C)C)N1Cc1ccccc1. The third-order valence-corrected chi connectivity index (χ3v) is 3.31. The zero-order valence-corrected chi connectivity index (χ0v) is 14.0. The van der Waals surface area contributed by atoms with Crippen molar-refractivity contribution in [3.63, 3.8) is 0 Å². The Hall–Kier alpha value is -2.10. The van der Waals surface area contributed by atoms with E-state index in [4.69, 9.17) is 4.74 Å². The van der Waals surface area contributed by atoms with Gasteiger partial charge in [0.1, 0.15) is 5.60 Å². The molecule has 1 atom stereocenters. The molecule has 0 fully saturated rings. The summed E-state index contributed by atoms with van der Waals surface area (Å²) in [5.41, 5.74) is 2.48. The highest BCUT2D eigenvalue weighted by atomic mass is 16.6. The molecule has 118 valence electrons. The van der Waals surface area contributed by atoms with Crippen LogP contribution in [0.5, 0.6) is 0 Å². The molecule has 1 aliphatic heterocycles. The van der Waals surface area contributed by atoms with E-state index in [0.717, 1.165) is 17.0 Å². The van der Waals surface area contributed by atoms with E-state index in [9.17, 15) is 4.79 Å². The summed E-state index contributed by atoms with van der Waals surface area (Å²) in [6.07, 6.45) is 1.37. The molecule has 1 heterocycles. The van der Waals surface area contributed by atoms with Crippen LogP contribution in [-0.2, 0) is 16.1 Å². The Balaban J connectivity index is 2.24. The van der Waals surface area contributed by atoms with Crippen LogP contribution in [0.1, 0.15) is 40.2 Å². The monoisotopic (exact) mass is 300 g/mol. The summed E-state index contributed by atoms with van der Waals surface area (Å²) in [7, 11) is 0. The van der Waals surface area contributed by atoms with E-state index in [0.29, 0.717) is 6.54 Å². The lowest BCUT2D eigenvalue weighted by Crippen LogP contribution is -2.44. The molecule has 1 aromatic carbocycles. The normalized spacial score (nSPS) is 18.6. The molecular weight excluding hydrogens is 276 g/mol. The standard InChI is InChI=1S/C18H24N2O2/c1-13-11-14(2)20(12-15-9-7-6-8-10-15)16(19-13)17(21)22-18(3,4)5/h6-11,16H,12H2,1-5H3. The van der Waals surface area contributed by atoms with Crippen LogP contribution >= 0.6 is 0 Å². The zero-order chi connectivity index (χ0) is 16.3. The van der Waals surface area contributed by atoms with Gasteiger partial charge in [-0.1, -0.05) is 30.3 Å². The topological polar surface area (TPSA) is 41.9 Å². The van der Waals surface area contributed by atoms with Gasteiger partial charge >= 0.3 is 5.97 Å². The molecule has 1 unspecified atom stereocenters. The van der Waals surface area contributed by atoms with Crippen molar-refractivity contribution in [3.05, 3.63) is 47.7 Å². The summed E-state index contributed by atoms with van der Waals surface area (Å²) in [6, 6.07) is 10.1. The number of aliphatic imine (C=N–C) groups is 1. The van der Waals surface area contributed by atoms with Gasteiger partial charge in [0.25, 0.3) is 0 Å². The van der Waals surface area contributed by atoms with E-state index >= 15 is 0 Å². The molecule has 0 saturated heterocycles. The van der Waals surface area contributed by atoms with Gasteiger partial charge in [-0.25, -0.2) is 4.79 Å². The number of ether oxygens (including phenoxy) is 1. The third-order valence-electron chi connectivity index (χ3n) is 3.31. The number of hydrogen-bond acceptors (Lipinski definition) is 4. The Morgan fingerprint density at radius 3 is 2.45 bits per heavy atom. The van der Waals surface area contributed by atoms with Crippen molar-refractivity contribution < 1.29 is 9.53 Å². The van der Waals surface area contributed by atoms with Gasteiger partial charge in [0.05, 0.1) is 0 Å². The first-order valence-electron chi connectivity index (χ1n) is 7.52. The Morgan fingerprint density at radius 2 is 1.86 bits per heavy atom. The van der Waals surface area contributed by atoms with Crippen LogP contribution in [0.25, 0.3) is 0 Å². The van der Waals surface area contributed by atoms with Crippen LogP contribution in [0.2, 0.25) is 0 Å². The van der Waals surface area contributed by atoms with Crippen molar-refractivity contribution in [1.29, 1.82) is 0 Å². The van der Waals surface area contributed by atoms with Crippen molar-refractivity contribution >= 4 is 11.7 Å². The number of carbonyl (C=O) groups excluding carboxylic acids is 1. The van der Waals surface area contributed by atoms with E-state index in [-0.39, 0.29) is 5.97 Å². The summed E-state index contributed by atoms with van der Waals surface area (Å²) in [4.78, 5) is 19.0. The lowest BCUT2D eigenvalue weighted by atomic mass is 10.1. The highest BCUT2D eigenvalue weighted by molar-refractivity contribution is 5.96. The van der Waals surface area contributed by atoms with Gasteiger partial charge in [-0.05, 0) is 46.3 Å². The van der Waals surface area contributed by atoms with E-state index < -0.39 is 11.8 Å². The molecule has 4 heteroatoms. The smallest absolute Gasteiger partial charge is 0.352 e. The maximum atomic E-state index is 12.5. The van der Waals surface area contributed by atoms with Gasteiger partial charge in [0.2, 0.25) is 6.17 Å². The van der Waals surface area contributed by atoms with Gasteiger partial charge < -0.3 is 9.64 Å². The third kappa shape index (κ3) is 4.20. The zero-order valence-electron chi connectivity index (χ0n) is 14.0. The summed E-state index contributed by atoms with van der Waals surface area (Å²) >= 11 is 0. The molecule has 0 N–H and O–H groups in total. The van der Waals surface area contributed by atoms with Crippen molar-refractivity contribution in [1.82, 2.24) is 4.90 Å². The van der Waals surface area contributed by atoms with Crippen molar-refractivity contribution in [2.45, 2.75) is 52.9 Å². The van der Waals surface area contributed by atoms with Gasteiger partial charge in [0, 0.05) is 18.0 Å². The summed E-state index contributed by atoms with van der Waals surface area (Å²) in [5.74, 6) is -0.310. The first kappa shape index (κ1) is 16.3. The second-order valence-electron chi connectivity index (χ2n) is 6.58. The molecule has 0 aliphatic carbocycles. The second kappa shape index (κ2) is 6.34. The van der Waals surface area contributed by atoms with E-state index in [1.807, 2.05) is 75.9 Å². The number of benzene rings is 1. The molecule has 0 spiro atoms. The summed E-state index contributed by atoms with van der Waals surface area (Å²) in [6.45, 7) is 10.1. The van der Waals surface area contributed by atoms with E-state index in [1.54, 1.807) is 0 Å². The van der Waals surface area contributed by atoms with Crippen LogP contribution in [0.4, 0.5) is 0 Å². The van der Waals surface area contributed by atoms with Gasteiger partial charge in [-0.2, -0.15) is 0 Å². The summed E-state index contributed by atoms with van der Waals surface area (Å²) < 4.78 is 5.53. The molecule has 0 aromatic heterocycles. The molecule has 1 aromatic rings. The predicted molar refractivity (Wildman–Crippen MR) is 88.5 cm³/mol. The van der Waals surface area contributed by atoms with Gasteiger partial charge in [0.15, 0.2) is 0 Å². The van der Waals surface area contributed by atoms with Crippen LogP contribution in [0.15, 0.2) is 47.1 Å². The minimum absolute atomic E-state index is 0.310. The average molecular weight is 300 g/mol. The largest absolute Gasteiger partial charge is 0.457 e.